The molecule has 0 aliphatic heterocycles. The molecule has 38 heavy (non-hydrogen) atoms. The summed E-state index contributed by atoms with van der Waals surface area (Å²) in [4.78, 5) is 7.28. The second-order valence-corrected chi connectivity index (χ2v) is 7.83. The van der Waals surface area contributed by atoms with E-state index in [1.165, 1.54) is 40.5 Å². The van der Waals surface area contributed by atoms with Gasteiger partial charge in [-0.2, -0.15) is 31.4 Å². The minimum atomic E-state index is -6.14. The Kier molecular flexibility index (Phi) is 6.73. The molecule has 1 aromatic carbocycles. The minimum Gasteiger partial charge on any atom is -0.508 e. The van der Waals surface area contributed by atoms with Crippen molar-refractivity contribution in [1.29, 1.82) is 0 Å². The van der Waals surface area contributed by atoms with Crippen molar-refractivity contribution in [2.24, 2.45) is 0 Å². The van der Waals surface area contributed by atoms with Gasteiger partial charge in [-0.1, -0.05) is 11.2 Å². The molecule has 4 aromatic rings. The number of phenolic OH excluding ortho intramolecular Hbond substituents is 1. The molecule has 0 fully saturated rings. The van der Waals surface area contributed by atoms with Crippen LogP contribution in [0.4, 0.5) is 40.9 Å². The number of aliphatic hydroxyl groups is 1. The molecule has 0 spiro atoms. The standard InChI is InChI=1S/C21H14F8N6O3/c22-12-5-11(36)2-1-10(12)8-35-16(14-3-4-38-34-14)6-15(33-35)18-30-7-13(23)17(32-18)31-9-19(37,20(24,25)26)21(27,28)29/h1-7,36-37H,8-9H2,(H,30,31,32). The lowest BCUT2D eigenvalue weighted by molar-refractivity contribution is -0.362. The summed E-state index contributed by atoms with van der Waals surface area (Å²) in [5, 5.41) is 28.2. The molecule has 9 nitrogen and oxygen atoms in total. The zero-order valence-corrected chi connectivity index (χ0v) is 18.5. The minimum absolute atomic E-state index is 0.0724. The topological polar surface area (TPSA) is 122 Å². The molecule has 0 atom stereocenters. The average Bonchev–Trinajstić information content (AvgIpc) is 3.49. The summed E-state index contributed by atoms with van der Waals surface area (Å²) in [5.74, 6) is -4.04. The third-order valence-corrected chi connectivity index (χ3v) is 5.26. The zero-order valence-electron chi connectivity index (χ0n) is 18.5. The third-order valence-electron chi connectivity index (χ3n) is 5.26. The van der Waals surface area contributed by atoms with Crippen LogP contribution in [0.2, 0.25) is 0 Å². The van der Waals surface area contributed by atoms with E-state index < -0.39 is 47.8 Å². The number of aromatic hydroxyl groups is 1. The third kappa shape index (κ3) is 5.09. The highest BCUT2D eigenvalue weighted by Gasteiger charge is 2.70. The summed E-state index contributed by atoms with van der Waals surface area (Å²) in [5.41, 5.74) is -4.88. The largest absolute Gasteiger partial charge is 0.508 e. The van der Waals surface area contributed by atoms with Gasteiger partial charge in [0.25, 0.3) is 5.60 Å². The molecule has 202 valence electrons. The Morgan fingerprint density at radius 1 is 0.947 bits per heavy atom. The summed E-state index contributed by atoms with van der Waals surface area (Å²) in [7, 11) is 0. The first-order valence-electron chi connectivity index (χ1n) is 10.3. The van der Waals surface area contributed by atoms with Gasteiger partial charge in [0.15, 0.2) is 17.5 Å². The van der Waals surface area contributed by atoms with E-state index in [2.05, 4.69) is 20.2 Å². The second-order valence-electron chi connectivity index (χ2n) is 7.83. The first-order valence-corrected chi connectivity index (χ1v) is 10.3. The van der Waals surface area contributed by atoms with Crippen LogP contribution in [0.25, 0.3) is 22.9 Å². The van der Waals surface area contributed by atoms with E-state index in [0.29, 0.717) is 6.20 Å². The fraction of sp³-hybridized carbons (Fsp3) is 0.238. The summed E-state index contributed by atoms with van der Waals surface area (Å²) in [6.07, 6.45) is -10.6. The molecule has 4 rings (SSSR count). The van der Waals surface area contributed by atoms with Gasteiger partial charge in [0.05, 0.1) is 25.0 Å². The lowest BCUT2D eigenvalue weighted by Gasteiger charge is -2.32. The highest BCUT2D eigenvalue weighted by Crippen LogP contribution is 2.43. The van der Waals surface area contributed by atoms with Gasteiger partial charge in [0.2, 0.25) is 0 Å². The maximum absolute atomic E-state index is 14.3. The van der Waals surface area contributed by atoms with Crippen LogP contribution >= 0.6 is 0 Å². The number of rotatable bonds is 7. The Bertz CT molecular complexity index is 1420. The molecular formula is C21H14F8N6O3. The first kappa shape index (κ1) is 26.8. The van der Waals surface area contributed by atoms with E-state index in [9.17, 15) is 45.3 Å². The Balaban J connectivity index is 1.69. The van der Waals surface area contributed by atoms with E-state index in [0.717, 1.165) is 6.07 Å². The molecule has 3 heterocycles. The number of aromatic nitrogens is 5. The van der Waals surface area contributed by atoms with Crippen molar-refractivity contribution in [3.63, 3.8) is 0 Å². The summed E-state index contributed by atoms with van der Waals surface area (Å²) < 4.78 is 112. The molecule has 17 heteroatoms. The van der Waals surface area contributed by atoms with Crippen LogP contribution in [0.15, 0.2) is 47.3 Å². The quantitative estimate of drug-likeness (QED) is 0.292. The number of hydrogen-bond donors (Lipinski definition) is 3. The lowest BCUT2D eigenvalue weighted by Crippen LogP contribution is -2.61. The molecule has 0 saturated heterocycles. The normalized spacial score (nSPS) is 12.7. The molecule has 0 saturated carbocycles. The fourth-order valence-corrected chi connectivity index (χ4v) is 3.21. The van der Waals surface area contributed by atoms with E-state index in [1.54, 1.807) is 0 Å². The van der Waals surface area contributed by atoms with Crippen molar-refractivity contribution >= 4 is 5.82 Å². The van der Waals surface area contributed by atoms with E-state index in [1.807, 2.05) is 0 Å². The Labute approximate surface area is 206 Å². The molecule has 0 amide bonds. The van der Waals surface area contributed by atoms with Crippen LogP contribution in [0.1, 0.15) is 5.56 Å². The predicted octanol–water partition coefficient (Wildman–Crippen LogP) is 4.29. The molecule has 0 bridgehead atoms. The highest BCUT2D eigenvalue weighted by molar-refractivity contribution is 5.63. The summed E-state index contributed by atoms with van der Waals surface area (Å²) >= 11 is 0. The van der Waals surface area contributed by atoms with Crippen molar-refractivity contribution < 1.29 is 49.9 Å². The van der Waals surface area contributed by atoms with Gasteiger partial charge >= 0.3 is 12.4 Å². The molecule has 0 aliphatic carbocycles. The lowest BCUT2D eigenvalue weighted by atomic mass is 10.0. The van der Waals surface area contributed by atoms with Gasteiger partial charge in [-0.05, 0) is 12.1 Å². The number of anilines is 1. The van der Waals surface area contributed by atoms with Crippen LogP contribution in [0.3, 0.4) is 0 Å². The number of hydrogen-bond acceptors (Lipinski definition) is 8. The molecule has 3 aromatic heterocycles. The average molecular weight is 550 g/mol. The van der Waals surface area contributed by atoms with Crippen molar-refractivity contribution in [3.8, 4) is 28.7 Å². The number of halogens is 8. The van der Waals surface area contributed by atoms with Crippen LogP contribution in [-0.4, -0.2) is 59.6 Å². The van der Waals surface area contributed by atoms with Crippen LogP contribution in [0, 0.1) is 11.6 Å². The Morgan fingerprint density at radius 3 is 2.26 bits per heavy atom. The van der Waals surface area contributed by atoms with Crippen molar-refractivity contribution in [2.75, 3.05) is 11.9 Å². The number of benzene rings is 1. The van der Waals surface area contributed by atoms with E-state index in [4.69, 9.17) is 4.52 Å². The molecule has 0 radical (unpaired) electrons. The van der Waals surface area contributed by atoms with Crippen molar-refractivity contribution in [2.45, 2.75) is 24.5 Å². The fourth-order valence-electron chi connectivity index (χ4n) is 3.21. The van der Waals surface area contributed by atoms with Crippen molar-refractivity contribution in [1.82, 2.24) is 24.9 Å². The van der Waals surface area contributed by atoms with Crippen LogP contribution in [0.5, 0.6) is 5.75 Å². The number of phenols is 1. The van der Waals surface area contributed by atoms with Crippen LogP contribution in [-0.2, 0) is 6.54 Å². The Hall–Kier alpha value is -4.28. The van der Waals surface area contributed by atoms with Gasteiger partial charge in [-0.15, -0.1) is 0 Å². The smallest absolute Gasteiger partial charge is 0.428 e. The van der Waals surface area contributed by atoms with Crippen LogP contribution < -0.4 is 5.32 Å². The molecule has 3 N–H and O–H groups in total. The number of nitrogens with one attached hydrogen (secondary N) is 1. The van der Waals surface area contributed by atoms with Crippen molar-refractivity contribution in [3.05, 3.63) is 60.0 Å². The molecule has 0 unspecified atom stereocenters. The monoisotopic (exact) mass is 550 g/mol. The predicted molar refractivity (Wildman–Crippen MR) is 111 cm³/mol. The maximum Gasteiger partial charge on any atom is 0.428 e. The highest BCUT2D eigenvalue weighted by atomic mass is 19.4. The summed E-state index contributed by atoms with van der Waals surface area (Å²) in [6, 6.07) is 6.06. The van der Waals surface area contributed by atoms with Gasteiger partial charge < -0.3 is 20.1 Å². The van der Waals surface area contributed by atoms with Gasteiger partial charge in [0, 0.05) is 17.7 Å². The van der Waals surface area contributed by atoms with Gasteiger partial charge in [0.1, 0.15) is 29.2 Å². The Morgan fingerprint density at radius 2 is 1.66 bits per heavy atom. The van der Waals surface area contributed by atoms with Gasteiger partial charge in [-0.3, -0.25) is 4.68 Å². The summed E-state index contributed by atoms with van der Waals surface area (Å²) in [6.45, 7) is -2.43. The van der Waals surface area contributed by atoms with E-state index >= 15 is 0 Å². The SMILES string of the molecule is Oc1ccc(Cn2nc(-c3ncc(F)c(NCC(O)(C(F)(F)F)C(F)(F)F)n3)cc2-c2ccon2)c(F)c1. The molecule has 0 aliphatic rings. The molecular weight excluding hydrogens is 536 g/mol. The van der Waals surface area contributed by atoms with Gasteiger partial charge in [-0.25, -0.2) is 18.7 Å². The van der Waals surface area contributed by atoms with E-state index in [-0.39, 0.29) is 34.9 Å². The zero-order chi connectivity index (χ0) is 27.9. The number of nitrogens with zero attached hydrogens (tertiary/aromatic N) is 5. The second kappa shape index (κ2) is 9.55. The maximum atomic E-state index is 14.3. The number of alkyl halides is 6. The first-order chi connectivity index (χ1) is 17.7.